The highest BCUT2D eigenvalue weighted by Gasteiger charge is 2.07. The predicted molar refractivity (Wildman–Crippen MR) is 40.4 cm³/mol. The molecule has 1 aromatic rings. The van der Waals surface area contributed by atoms with Crippen LogP contribution >= 0.6 is 0 Å². The first-order valence-electron chi connectivity index (χ1n) is 2.95. The molecule has 0 aliphatic rings. The van der Waals surface area contributed by atoms with Gasteiger partial charge in [-0.3, -0.25) is 4.79 Å². The molecular weight excluding hydrogens is 184 g/mol. The summed E-state index contributed by atoms with van der Waals surface area (Å²) in [7, 11) is -3.66. The first-order chi connectivity index (χ1) is 5.49. The molecule has 0 saturated carbocycles. The first-order valence-corrected chi connectivity index (χ1v) is 4.77. The summed E-state index contributed by atoms with van der Waals surface area (Å²) < 4.78 is 29.9. The maximum Gasteiger partial charge on any atom is 0.306 e. The van der Waals surface area contributed by atoms with E-state index in [1.54, 1.807) is 0 Å². The van der Waals surface area contributed by atoms with Crippen LogP contribution in [0.2, 0.25) is 0 Å². The molecule has 0 aromatic carbocycles. The lowest BCUT2D eigenvalue weighted by Crippen LogP contribution is -2.12. The van der Waals surface area contributed by atoms with Crippen molar-refractivity contribution in [1.29, 1.82) is 0 Å². The normalized spacial score (nSPS) is 11.1. The number of hydrogen-bond donors (Lipinski definition) is 0. The number of hydrogen-bond acceptors (Lipinski definition) is 5. The van der Waals surface area contributed by atoms with E-state index in [2.05, 4.69) is 8.60 Å². The van der Waals surface area contributed by atoms with Crippen LogP contribution in [0.3, 0.4) is 0 Å². The standard InChI is InChI=1S/C6H6O5S/c1-12(8,9)11-6-4-10-3-2-5(6)7/h2-4H,1H3. The maximum absolute atomic E-state index is 10.8. The van der Waals surface area contributed by atoms with Crippen molar-refractivity contribution in [2.75, 3.05) is 6.26 Å². The van der Waals surface area contributed by atoms with Crippen LogP contribution in [0.15, 0.2) is 27.8 Å². The van der Waals surface area contributed by atoms with Crippen molar-refractivity contribution in [3.8, 4) is 5.75 Å². The molecule has 0 radical (unpaired) electrons. The molecule has 0 spiro atoms. The van der Waals surface area contributed by atoms with Gasteiger partial charge in [0.2, 0.25) is 11.2 Å². The maximum atomic E-state index is 10.8. The minimum Gasteiger partial charge on any atom is -0.468 e. The van der Waals surface area contributed by atoms with Crippen LogP contribution in [0, 0.1) is 0 Å². The van der Waals surface area contributed by atoms with Gasteiger partial charge in [0.1, 0.15) is 6.26 Å². The molecule has 0 saturated heterocycles. The third kappa shape index (κ3) is 2.39. The van der Waals surface area contributed by atoms with Crippen LogP contribution < -0.4 is 9.61 Å². The minimum absolute atomic E-state index is 0.333. The average Bonchev–Trinajstić information content (AvgIpc) is 1.91. The second kappa shape index (κ2) is 2.98. The molecule has 0 bridgehead atoms. The van der Waals surface area contributed by atoms with Gasteiger partial charge < -0.3 is 8.60 Å². The summed E-state index contributed by atoms with van der Waals surface area (Å²) in [6.07, 6.45) is 2.92. The zero-order valence-electron chi connectivity index (χ0n) is 6.18. The summed E-state index contributed by atoms with van der Waals surface area (Å²) in [5, 5.41) is 0. The van der Waals surface area contributed by atoms with Crippen molar-refractivity contribution in [2.45, 2.75) is 0 Å². The van der Waals surface area contributed by atoms with Gasteiger partial charge in [-0.05, 0) is 0 Å². The number of rotatable bonds is 2. The van der Waals surface area contributed by atoms with Crippen molar-refractivity contribution < 1.29 is 17.0 Å². The van der Waals surface area contributed by atoms with Crippen LogP contribution in [0.5, 0.6) is 5.75 Å². The molecular formula is C6H6O5S. The Morgan fingerprint density at radius 2 is 2.17 bits per heavy atom. The third-order valence-electron chi connectivity index (χ3n) is 0.957. The molecule has 1 aromatic heterocycles. The molecule has 66 valence electrons. The van der Waals surface area contributed by atoms with Gasteiger partial charge in [0.05, 0.1) is 12.5 Å². The highest BCUT2D eigenvalue weighted by atomic mass is 32.2. The van der Waals surface area contributed by atoms with Crippen molar-refractivity contribution in [3.05, 3.63) is 28.8 Å². The lowest BCUT2D eigenvalue weighted by atomic mass is 10.5. The highest BCUT2D eigenvalue weighted by Crippen LogP contribution is 2.03. The van der Waals surface area contributed by atoms with Gasteiger partial charge in [-0.2, -0.15) is 8.42 Å². The lowest BCUT2D eigenvalue weighted by molar-refractivity contribution is 0.461. The summed E-state index contributed by atoms with van der Waals surface area (Å²) in [6.45, 7) is 0. The lowest BCUT2D eigenvalue weighted by Gasteiger charge is -1.98. The molecule has 1 heterocycles. The molecule has 5 nitrogen and oxygen atoms in total. The second-order valence-electron chi connectivity index (χ2n) is 2.07. The summed E-state index contributed by atoms with van der Waals surface area (Å²) in [5.41, 5.74) is -0.535. The van der Waals surface area contributed by atoms with Gasteiger partial charge in [0, 0.05) is 6.07 Å². The summed E-state index contributed by atoms with van der Waals surface area (Å²) in [5.74, 6) is -0.333. The smallest absolute Gasteiger partial charge is 0.306 e. The van der Waals surface area contributed by atoms with Crippen molar-refractivity contribution in [1.82, 2.24) is 0 Å². The Balaban J connectivity index is 3.07. The third-order valence-corrected chi connectivity index (χ3v) is 1.44. The van der Waals surface area contributed by atoms with Gasteiger partial charge in [0.15, 0.2) is 0 Å². The Kier molecular flexibility index (Phi) is 2.18. The van der Waals surface area contributed by atoms with Gasteiger partial charge in [-0.1, -0.05) is 0 Å². The quantitative estimate of drug-likeness (QED) is 0.612. The van der Waals surface area contributed by atoms with Crippen LogP contribution in [0.4, 0.5) is 0 Å². The Morgan fingerprint density at radius 1 is 1.50 bits per heavy atom. The largest absolute Gasteiger partial charge is 0.468 e. The zero-order chi connectivity index (χ0) is 9.19. The second-order valence-corrected chi connectivity index (χ2v) is 3.65. The molecule has 6 heteroatoms. The molecule has 0 amide bonds. The van der Waals surface area contributed by atoms with E-state index in [0.29, 0.717) is 0 Å². The predicted octanol–water partition coefficient (Wildman–Crippen LogP) is -0.0218. The van der Waals surface area contributed by atoms with Crippen molar-refractivity contribution in [3.63, 3.8) is 0 Å². The highest BCUT2D eigenvalue weighted by molar-refractivity contribution is 7.86. The molecule has 0 unspecified atom stereocenters. The van der Waals surface area contributed by atoms with E-state index in [0.717, 1.165) is 24.8 Å². The Labute approximate surface area is 68.7 Å². The van der Waals surface area contributed by atoms with Crippen LogP contribution in [0.25, 0.3) is 0 Å². The van der Waals surface area contributed by atoms with E-state index in [1.165, 1.54) is 0 Å². The molecule has 0 atom stereocenters. The molecule has 0 N–H and O–H groups in total. The van der Waals surface area contributed by atoms with Gasteiger partial charge >= 0.3 is 10.1 Å². The fourth-order valence-corrected chi connectivity index (χ4v) is 1.01. The van der Waals surface area contributed by atoms with E-state index in [-0.39, 0.29) is 5.75 Å². The van der Waals surface area contributed by atoms with E-state index in [1.807, 2.05) is 0 Å². The zero-order valence-corrected chi connectivity index (χ0v) is 7.00. The Morgan fingerprint density at radius 3 is 2.67 bits per heavy atom. The molecule has 0 fully saturated rings. The van der Waals surface area contributed by atoms with Gasteiger partial charge in [0.25, 0.3) is 0 Å². The van der Waals surface area contributed by atoms with E-state index < -0.39 is 15.5 Å². The summed E-state index contributed by atoms with van der Waals surface area (Å²) in [4.78, 5) is 10.8. The van der Waals surface area contributed by atoms with E-state index in [9.17, 15) is 13.2 Å². The van der Waals surface area contributed by atoms with E-state index in [4.69, 9.17) is 0 Å². The summed E-state index contributed by atoms with van der Waals surface area (Å²) in [6, 6.07) is 1.07. The minimum atomic E-state index is -3.66. The molecule has 0 aliphatic heterocycles. The average molecular weight is 190 g/mol. The fraction of sp³-hybridized carbons (Fsp3) is 0.167. The van der Waals surface area contributed by atoms with Crippen LogP contribution in [-0.4, -0.2) is 14.7 Å². The van der Waals surface area contributed by atoms with Crippen molar-refractivity contribution in [2.24, 2.45) is 0 Å². The molecule has 12 heavy (non-hydrogen) atoms. The summed E-state index contributed by atoms with van der Waals surface area (Å²) >= 11 is 0. The van der Waals surface area contributed by atoms with Gasteiger partial charge in [-0.25, -0.2) is 0 Å². The Hall–Kier alpha value is -1.30. The van der Waals surface area contributed by atoms with Crippen LogP contribution in [0.1, 0.15) is 0 Å². The Bertz CT molecular complexity index is 416. The van der Waals surface area contributed by atoms with Crippen molar-refractivity contribution >= 4 is 10.1 Å². The van der Waals surface area contributed by atoms with Crippen LogP contribution in [-0.2, 0) is 10.1 Å². The monoisotopic (exact) mass is 190 g/mol. The fourth-order valence-electron chi connectivity index (χ4n) is 0.566. The SMILES string of the molecule is CS(=O)(=O)Oc1coccc1=O. The molecule has 1 rings (SSSR count). The molecule has 0 aliphatic carbocycles. The van der Waals surface area contributed by atoms with Gasteiger partial charge in [-0.15, -0.1) is 0 Å². The topological polar surface area (TPSA) is 73.6 Å². The van der Waals surface area contributed by atoms with E-state index >= 15 is 0 Å². The first kappa shape index (κ1) is 8.79.